The Labute approximate surface area is 84.0 Å². The zero-order valence-corrected chi connectivity index (χ0v) is 8.25. The molecule has 0 saturated carbocycles. The number of alkyl halides is 3. The molecule has 1 N–H and O–H groups in total. The van der Waals surface area contributed by atoms with Crippen LogP contribution in [0.3, 0.4) is 0 Å². The molecular weight excluding hydrogens is 217 g/mol. The summed E-state index contributed by atoms with van der Waals surface area (Å²) in [4.78, 5) is 12.7. The first-order valence-corrected chi connectivity index (χ1v) is 5.17. The molecule has 0 aromatic carbocycles. The van der Waals surface area contributed by atoms with Crippen molar-refractivity contribution in [3.05, 3.63) is 0 Å². The van der Waals surface area contributed by atoms with Crippen LogP contribution in [0.4, 0.5) is 13.2 Å². The van der Waals surface area contributed by atoms with Crippen LogP contribution in [0.15, 0.2) is 0 Å². The maximum atomic E-state index is 11.8. The second-order valence-corrected chi connectivity index (χ2v) is 3.91. The van der Waals surface area contributed by atoms with E-state index in [1.807, 2.05) is 0 Å². The van der Waals surface area contributed by atoms with Gasteiger partial charge >= 0.3 is 5.51 Å². The molecule has 3 nitrogen and oxygen atoms in total. The van der Waals surface area contributed by atoms with Crippen molar-refractivity contribution in [2.75, 3.05) is 31.9 Å². The van der Waals surface area contributed by atoms with Gasteiger partial charge < -0.3 is 10.2 Å². The van der Waals surface area contributed by atoms with Crippen molar-refractivity contribution >= 4 is 17.7 Å². The zero-order chi connectivity index (χ0) is 10.6. The molecule has 1 amide bonds. The molecule has 1 aliphatic heterocycles. The number of piperazine rings is 1. The van der Waals surface area contributed by atoms with Gasteiger partial charge in [-0.2, -0.15) is 13.2 Å². The Bertz CT molecular complexity index is 204. The Morgan fingerprint density at radius 3 is 2.43 bits per heavy atom. The molecule has 1 rings (SSSR count). The van der Waals surface area contributed by atoms with Gasteiger partial charge in [0.1, 0.15) is 0 Å². The van der Waals surface area contributed by atoms with Crippen LogP contribution >= 0.6 is 11.8 Å². The lowest BCUT2D eigenvalue weighted by atomic mass is 10.3. The van der Waals surface area contributed by atoms with E-state index in [4.69, 9.17) is 0 Å². The van der Waals surface area contributed by atoms with Gasteiger partial charge in [0.25, 0.3) is 0 Å². The summed E-state index contributed by atoms with van der Waals surface area (Å²) in [6, 6.07) is 0. The molecular formula is C7H11F3N2OS. The van der Waals surface area contributed by atoms with Crippen LogP contribution in [0.5, 0.6) is 0 Å². The molecule has 1 aliphatic rings. The van der Waals surface area contributed by atoms with Gasteiger partial charge in [0.15, 0.2) is 0 Å². The first kappa shape index (κ1) is 11.6. The van der Waals surface area contributed by atoms with Crippen LogP contribution in [-0.2, 0) is 4.79 Å². The van der Waals surface area contributed by atoms with Gasteiger partial charge in [0, 0.05) is 26.2 Å². The molecule has 0 spiro atoms. The molecule has 14 heavy (non-hydrogen) atoms. The maximum absolute atomic E-state index is 11.8. The SMILES string of the molecule is O=C(CSC(F)(F)F)N1CCNCC1. The Morgan fingerprint density at radius 1 is 1.36 bits per heavy atom. The van der Waals surface area contributed by atoms with Gasteiger partial charge in [-0.3, -0.25) is 4.79 Å². The normalized spacial score (nSPS) is 18.4. The van der Waals surface area contributed by atoms with Crippen molar-refractivity contribution in [2.24, 2.45) is 0 Å². The van der Waals surface area contributed by atoms with Gasteiger partial charge in [-0.15, -0.1) is 0 Å². The Hall–Kier alpha value is -0.430. The molecule has 1 heterocycles. The van der Waals surface area contributed by atoms with Gasteiger partial charge in [0.2, 0.25) is 5.91 Å². The fourth-order valence-electron chi connectivity index (χ4n) is 1.15. The van der Waals surface area contributed by atoms with Gasteiger partial charge in [-0.25, -0.2) is 0 Å². The lowest BCUT2D eigenvalue weighted by molar-refractivity contribution is -0.129. The minimum absolute atomic E-state index is 0.276. The smallest absolute Gasteiger partial charge is 0.339 e. The molecule has 0 radical (unpaired) electrons. The summed E-state index contributed by atoms with van der Waals surface area (Å²) < 4.78 is 35.3. The highest BCUT2D eigenvalue weighted by atomic mass is 32.2. The molecule has 0 unspecified atom stereocenters. The average Bonchev–Trinajstić information content (AvgIpc) is 2.14. The highest BCUT2D eigenvalue weighted by molar-refractivity contribution is 8.00. The third-order valence-electron chi connectivity index (χ3n) is 1.83. The fourth-order valence-corrected chi connectivity index (χ4v) is 1.62. The Morgan fingerprint density at radius 2 is 1.93 bits per heavy atom. The maximum Gasteiger partial charge on any atom is 0.442 e. The van der Waals surface area contributed by atoms with E-state index in [1.165, 1.54) is 4.90 Å². The van der Waals surface area contributed by atoms with Crippen LogP contribution < -0.4 is 5.32 Å². The molecule has 0 aromatic rings. The largest absolute Gasteiger partial charge is 0.442 e. The molecule has 0 aromatic heterocycles. The lowest BCUT2D eigenvalue weighted by Gasteiger charge is -2.27. The minimum Gasteiger partial charge on any atom is -0.339 e. The van der Waals surface area contributed by atoms with Crippen LogP contribution in [0.1, 0.15) is 0 Å². The summed E-state index contributed by atoms with van der Waals surface area (Å²) in [6.45, 7) is 2.30. The lowest BCUT2D eigenvalue weighted by Crippen LogP contribution is -2.47. The van der Waals surface area contributed by atoms with E-state index in [0.29, 0.717) is 26.2 Å². The van der Waals surface area contributed by atoms with Crippen molar-refractivity contribution < 1.29 is 18.0 Å². The number of hydrogen-bond donors (Lipinski definition) is 1. The summed E-state index contributed by atoms with van der Waals surface area (Å²) in [5, 5.41) is 3.02. The zero-order valence-electron chi connectivity index (χ0n) is 7.43. The number of nitrogens with zero attached hydrogens (tertiary/aromatic N) is 1. The van der Waals surface area contributed by atoms with Crippen molar-refractivity contribution in [1.29, 1.82) is 0 Å². The summed E-state index contributed by atoms with van der Waals surface area (Å²) in [6.07, 6.45) is 0. The van der Waals surface area contributed by atoms with Crippen LogP contribution in [0, 0.1) is 0 Å². The van der Waals surface area contributed by atoms with E-state index in [-0.39, 0.29) is 11.8 Å². The summed E-state index contributed by atoms with van der Waals surface area (Å²) in [5.74, 6) is -0.947. The van der Waals surface area contributed by atoms with Gasteiger partial charge in [-0.1, -0.05) is 0 Å². The highest BCUT2D eigenvalue weighted by Crippen LogP contribution is 2.30. The predicted molar refractivity (Wildman–Crippen MR) is 48.0 cm³/mol. The van der Waals surface area contributed by atoms with Crippen LogP contribution in [-0.4, -0.2) is 48.2 Å². The van der Waals surface area contributed by atoms with E-state index < -0.39 is 17.2 Å². The average molecular weight is 228 g/mol. The number of thioether (sulfide) groups is 1. The summed E-state index contributed by atoms with van der Waals surface area (Å²) >= 11 is -0.276. The molecule has 0 bridgehead atoms. The van der Waals surface area contributed by atoms with E-state index >= 15 is 0 Å². The second kappa shape index (κ2) is 4.88. The number of hydrogen-bond acceptors (Lipinski definition) is 3. The topological polar surface area (TPSA) is 32.3 Å². The number of carbonyl (C=O) groups is 1. The predicted octanol–water partition coefficient (Wildman–Crippen LogP) is 0.671. The third kappa shape index (κ3) is 4.19. The molecule has 0 atom stereocenters. The van der Waals surface area contributed by atoms with E-state index in [2.05, 4.69) is 5.32 Å². The first-order valence-electron chi connectivity index (χ1n) is 4.18. The second-order valence-electron chi connectivity index (χ2n) is 2.87. The van der Waals surface area contributed by atoms with Crippen LogP contribution in [0.2, 0.25) is 0 Å². The number of nitrogens with one attached hydrogen (secondary N) is 1. The number of amides is 1. The Balaban J connectivity index is 2.27. The highest BCUT2D eigenvalue weighted by Gasteiger charge is 2.30. The summed E-state index contributed by atoms with van der Waals surface area (Å²) in [7, 11) is 0. The van der Waals surface area contributed by atoms with E-state index in [0.717, 1.165) is 0 Å². The number of rotatable bonds is 2. The quantitative estimate of drug-likeness (QED) is 0.754. The Kier molecular flexibility index (Phi) is 4.06. The standard InChI is InChI=1S/C7H11F3N2OS/c8-7(9,10)14-5-6(13)12-3-1-11-2-4-12/h11H,1-5H2. The molecule has 1 saturated heterocycles. The van der Waals surface area contributed by atoms with Crippen LogP contribution in [0.25, 0.3) is 0 Å². The fraction of sp³-hybridized carbons (Fsp3) is 0.857. The van der Waals surface area contributed by atoms with Crippen molar-refractivity contribution in [3.63, 3.8) is 0 Å². The van der Waals surface area contributed by atoms with Gasteiger partial charge in [0.05, 0.1) is 5.75 Å². The summed E-state index contributed by atoms with van der Waals surface area (Å²) in [5.41, 5.74) is -4.32. The molecule has 7 heteroatoms. The van der Waals surface area contributed by atoms with E-state index in [1.54, 1.807) is 0 Å². The van der Waals surface area contributed by atoms with Crippen molar-refractivity contribution in [3.8, 4) is 0 Å². The third-order valence-corrected chi connectivity index (χ3v) is 2.55. The first-order chi connectivity index (χ1) is 6.49. The molecule has 82 valence electrons. The molecule has 0 aliphatic carbocycles. The molecule has 1 fully saturated rings. The minimum atomic E-state index is -4.32. The van der Waals surface area contributed by atoms with Crippen molar-refractivity contribution in [1.82, 2.24) is 10.2 Å². The van der Waals surface area contributed by atoms with E-state index in [9.17, 15) is 18.0 Å². The van der Waals surface area contributed by atoms with Crippen molar-refractivity contribution in [2.45, 2.75) is 5.51 Å². The number of carbonyl (C=O) groups excluding carboxylic acids is 1. The monoisotopic (exact) mass is 228 g/mol. The number of halogens is 3. The van der Waals surface area contributed by atoms with Gasteiger partial charge in [-0.05, 0) is 11.8 Å².